The largest absolute Gasteiger partial charge is 0.508 e. The smallest absolute Gasteiger partial charge is 0.164 e. The number of benzene rings is 2. The molecule has 0 aromatic heterocycles. The molecule has 2 rings (SSSR count). The van der Waals surface area contributed by atoms with Gasteiger partial charge in [0, 0.05) is 36.3 Å². The molecule has 0 aliphatic carbocycles. The van der Waals surface area contributed by atoms with Gasteiger partial charge in [-0.15, -0.1) is 0 Å². The summed E-state index contributed by atoms with van der Waals surface area (Å²) >= 11 is 5.80. The molecular formula is C16H16ClNO2. The van der Waals surface area contributed by atoms with Crippen LogP contribution in [0.25, 0.3) is 0 Å². The zero-order valence-electron chi connectivity index (χ0n) is 11.2. The van der Waals surface area contributed by atoms with E-state index in [1.807, 2.05) is 24.1 Å². The molecule has 3 nitrogen and oxygen atoms in total. The Morgan fingerprint density at radius 3 is 2.30 bits per heavy atom. The van der Waals surface area contributed by atoms with Crippen molar-refractivity contribution in [3.63, 3.8) is 0 Å². The second-order valence-corrected chi connectivity index (χ2v) is 5.05. The monoisotopic (exact) mass is 289 g/mol. The molecule has 1 N–H and O–H groups in total. The second-order valence-electron chi connectivity index (χ2n) is 4.62. The fourth-order valence-corrected chi connectivity index (χ4v) is 2.01. The van der Waals surface area contributed by atoms with E-state index in [2.05, 4.69) is 0 Å². The number of nitrogens with zero attached hydrogens (tertiary/aromatic N) is 1. The fraction of sp³-hybridized carbons (Fsp3) is 0.188. The maximum Gasteiger partial charge on any atom is 0.164 e. The molecule has 0 saturated carbocycles. The Hall–Kier alpha value is -2.00. The van der Waals surface area contributed by atoms with E-state index in [1.165, 1.54) is 0 Å². The Labute approximate surface area is 123 Å². The van der Waals surface area contributed by atoms with Gasteiger partial charge in [-0.05, 0) is 48.5 Å². The molecule has 0 atom stereocenters. The summed E-state index contributed by atoms with van der Waals surface area (Å²) < 4.78 is 0. The zero-order chi connectivity index (χ0) is 14.5. The van der Waals surface area contributed by atoms with Gasteiger partial charge in [0.05, 0.1) is 0 Å². The number of halogens is 1. The lowest BCUT2D eigenvalue weighted by atomic mass is 10.1. The van der Waals surface area contributed by atoms with Crippen LogP contribution in [0.3, 0.4) is 0 Å². The molecule has 0 amide bonds. The van der Waals surface area contributed by atoms with Crippen LogP contribution >= 0.6 is 11.6 Å². The minimum Gasteiger partial charge on any atom is -0.508 e. The van der Waals surface area contributed by atoms with Gasteiger partial charge in [0.2, 0.25) is 0 Å². The number of Topliss-reactive ketones (excluding diaryl/α,β-unsaturated/α-hetero) is 1. The van der Waals surface area contributed by atoms with E-state index in [9.17, 15) is 9.90 Å². The van der Waals surface area contributed by atoms with Crippen molar-refractivity contribution in [2.45, 2.75) is 6.42 Å². The first-order valence-corrected chi connectivity index (χ1v) is 6.73. The van der Waals surface area contributed by atoms with Crippen molar-refractivity contribution in [2.24, 2.45) is 0 Å². The van der Waals surface area contributed by atoms with E-state index in [1.54, 1.807) is 36.4 Å². The van der Waals surface area contributed by atoms with Crippen LogP contribution in [0.1, 0.15) is 16.8 Å². The molecule has 0 aliphatic rings. The summed E-state index contributed by atoms with van der Waals surface area (Å²) in [4.78, 5) is 14.0. The van der Waals surface area contributed by atoms with E-state index < -0.39 is 0 Å². The van der Waals surface area contributed by atoms with Gasteiger partial charge in [-0.3, -0.25) is 4.79 Å². The maximum atomic E-state index is 12.0. The Morgan fingerprint density at radius 1 is 1.10 bits per heavy atom. The molecular weight excluding hydrogens is 274 g/mol. The Morgan fingerprint density at radius 2 is 1.70 bits per heavy atom. The summed E-state index contributed by atoms with van der Waals surface area (Å²) in [6.45, 7) is 0.617. The van der Waals surface area contributed by atoms with Crippen molar-refractivity contribution in [3.05, 3.63) is 59.1 Å². The topological polar surface area (TPSA) is 40.5 Å². The van der Waals surface area contributed by atoms with Crippen LogP contribution in [0.2, 0.25) is 5.02 Å². The van der Waals surface area contributed by atoms with E-state index in [4.69, 9.17) is 11.6 Å². The molecule has 0 saturated heterocycles. The summed E-state index contributed by atoms with van der Waals surface area (Å²) in [7, 11) is 1.92. The summed E-state index contributed by atoms with van der Waals surface area (Å²) in [5, 5.41) is 9.87. The van der Waals surface area contributed by atoms with Gasteiger partial charge in [0.25, 0.3) is 0 Å². The summed E-state index contributed by atoms with van der Waals surface area (Å²) in [6, 6.07) is 13.8. The Balaban J connectivity index is 1.92. The minimum atomic E-state index is 0.0901. The highest BCUT2D eigenvalue weighted by Gasteiger charge is 2.08. The molecule has 0 spiro atoms. The number of ketones is 1. The van der Waals surface area contributed by atoms with Crippen molar-refractivity contribution in [1.82, 2.24) is 0 Å². The van der Waals surface area contributed by atoms with Crippen molar-refractivity contribution < 1.29 is 9.90 Å². The number of phenolic OH excluding ortho intramolecular Hbond substituents is 1. The van der Waals surface area contributed by atoms with Crippen molar-refractivity contribution in [2.75, 3.05) is 18.5 Å². The summed E-state index contributed by atoms with van der Waals surface area (Å²) in [6.07, 6.45) is 0.430. The lowest BCUT2D eigenvalue weighted by molar-refractivity contribution is 0.0985. The summed E-state index contributed by atoms with van der Waals surface area (Å²) in [5.41, 5.74) is 1.64. The third kappa shape index (κ3) is 3.75. The number of phenols is 1. The number of rotatable bonds is 5. The van der Waals surface area contributed by atoms with Crippen LogP contribution in [0.5, 0.6) is 5.75 Å². The third-order valence-electron chi connectivity index (χ3n) is 3.13. The second kappa shape index (κ2) is 6.44. The first-order valence-electron chi connectivity index (χ1n) is 6.35. The van der Waals surface area contributed by atoms with Gasteiger partial charge in [0.1, 0.15) is 5.75 Å². The van der Waals surface area contributed by atoms with Crippen molar-refractivity contribution >= 4 is 23.1 Å². The molecule has 2 aromatic rings. The van der Waals surface area contributed by atoms with Crippen LogP contribution in [-0.4, -0.2) is 24.5 Å². The van der Waals surface area contributed by atoms with Crippen LogP contribution in [-0.2, 0) is 0 Å². The first-order chi connectivity index (χ1) is 9.56. The normalized spacial score (nSPS) is 10.3. The SMILES string of the molecule is CN(CCC(=O)c1ccc(Cl)cc1)c1ccc(O)cc1. The number of carbonyl (C=O) groups is 1. The molecule has 0 aliphatic heterocycles. The van der Waals surface area contributed by atoms with E-state index in [0.717, 1.165) is 5.69 Å². The minimum absolute atomic E-state index is 0.0901. The zero-order valence-corrected chi connectivity index (χ0v) is 12.0. The molecule has 2 aromatic carbocycles. The van der Waals surface area contributed by atoms with E-state index in [-0.39, 0.29) is 11.5 Å². The third-order valence-corrected chi connectivity index (χ3v) is 3.38. The van der Waals surface area contributed by atoms with Gasteiger partial charge < -0.3 is 10.0 Å². The Bertz CT molecular complexity index is 578. The number of hydrogen-bond acceptors (Lipinski definition) is 3. The number of carbonyl (C=O) groups excluding carboxylic acids is 1. The predicted molar refractivity (Wildman–Crippen MR) is 81.8 cm³/mol. The van der Waals surface area contributed by atoms with Crippen LogP contribution in [0.15, 0.2) is 48.5 Å². The first kappa shape index (κ1) is 14.4. The summed E-state index contributed by atoms with van der Waals surface area (Å²) in [5.74, 6) is 0.326. The quantitative estimate of drug-likeness (QED) is 0.852. The lowest BCUT2D eigenvalue weighted by Crippen LogP contribution is -2.21. The van der Waals surface area contributed by atoms with Gasteiger partial charge in [-0.25, -0.2) is 0 Å². The number of hydrogen-bond donors (Lipinski definition) is 1. The molecule has 0 heterocycles. The van der Waals surface area contributed by atoms with Crippen LogP contribution < -0.4 is 4.90 Å². The average molecular weight is 290 g/mol. The van der Waals surface area contributed by atoms with Crippen molar-refractivity contribution in [1.29, 1.82) is 0 Å². The molecule has 20 heavy (non-hydrogen) atoms. The van der Waals surface area contributed by atoms with Gasteiger partial charge in [-0.2, -0.15) is 0 Å². The van der Waals surface area contributed by atoms with Gasteiger partial charge >= 0.3 is 0 Å². The Kier molecular flexibility index (Phi) is 4.64. The standard InChI is InChI=1S/C16H16ClNO2/c1-18(14-6-8-15(19)9-7-14)11-10-16(20)12-2-4-13(17)5-3-12/h2-9,19H,10-11H2,1H3. The molecule has 104 valence electrons. The van der Waals surface area contributed by atoms with Gasteiger partial charge in [-0.1, -0.05) is 11.6 Å². The fourth-order valence-electron chi connectivity index (χ4n) is 1.89. The van der Waals surface area contributed by atoms with Gasteiger partial charge in [0.15, 0.2) is 5.78 Å². The van der Waals surface area contributed by atoms with E-state index >= 15 is 0 Å². The average Bonchev–Trinajstić information content (AvgIpc) is 2.46. The maximum absolute atomic E-state index is 12.0. The predicted octanol–water partition coefficient (Wildman–Crippen LogP) is 3.75. The molecule has 0 bridgehead atoms. The molecule has 0 radical (unpaired) electrons. The molecule has 0 fully saturated rings. The molecule has 0 unspecified atom stereocenters. The highest BCUT2D eigenvalue weighted by atomic mass is 35.5. The highest BCUT2D eigenvalue weighted by molar-refractivity contribution is 6.30. The highest BCUT2D eigenvalue weighted by Crippen LogP contribution is 2.18. The number of anilines is 1. The van der Waals surface area contributed by atoms with Crippen LogP contribution in [0.4, 0.5) is 5.69 Å². The van der Waals surface area contributed by atoms with E-state index in [0.29, 0.717) is 23.6 Å². The molecule has 4 heteroatoms. The lowest BCUT2D eigenvalue weighted by Gasteiger charge is -2.18. The van der Waals surface area contributed by atoms with Crippen LogP contribution in [0, 0.1) is 0 Å². The van der Waals surface area contributed by atoms with Crippen molar-refractivity contribution in [3.8, 4) is 5.75 Å². The number of aromatic hydroxyl groups is 1.